The Kier molecular flexibility index (Phi) is 5.49. The van der Waals surface area contributed by atoms with Crippen LogP contribution in [0.3, 0.4) is 0 Å². The van der Waals surface area contributed by atoms with Crippen molar-refractivity contribution in [3.8, 4) is 0 Å². The van der Waals surface area contributed by atoms with E-state index in [1.807, 2.05) is 0 Å². The fraction of sp³-hybridized carbons (Fsp3) is 0.600. The minimum absolute atomic E-state index is 0.584. The summed E-state index contributed by atoms with van der Waals surface area (Å²) in [4.78, 5) is 2.30. The molecule has 0 aliphatic rings. The van der Waals surface area contributed by atoms with Crippen LogP contribution < -0.4 is 10.2 Å². The van der Waals surface area contributed by atoms with E-state index in [1.54, 1.807) is 0 Å². The Morgan fingerprint density at radius 2 is 1.94 bits per heavy atom. The van der Waals surface area contributed by atoms with Crippen LogP contribution in [0.1, 0.15) is 26.3 Å². The van der Waals surface area contributed by atoms with Gasteiger partial charge in [-0.2, -0.15) is 0 Å². The predicted molar refractivity (Wildman–Crippen MR) is 76.8 cm³/mol. The van der Waals surface area contributed by atoms with Gasteiger partial charge in [0.2, 0.25) is 0 Å². The number of rotatable bonds is 6. The minimum Gasteiger partial charge on any atom is -0.373 e. The Bertz CT molecular complexity index is 333. The molecule has 1 rings (SSSR count). The molecule has 0 radical (unpaired) electrons. The molecule has 0 aliphatic heterocycles. The molecule has 1 atom stereocenters. The molecule has 1 aromatic carbocycles. The lowest BCUT2D eigenvalue weighted by molar-refractivity contribution is 0.431. The van der Waals surface area contributed by atoms with Crippen LogP contribution in [0, 0.1) is 12.8 Å². The second-order valence-corrected chi connectivity index (χ2v) is 5.25. The van der Waals surface area contributed by atoms with Crippen LogP contribution in [-0.4, -0.2) is 26.2 Å². The average Bonchev–Trinajstić information content (AvgIpc) is 2.28. The Hall–Kier alpha value is -1.02. The molecule has 0 saturated heterocycles. The molecular formula is C15H26N2. The highest BCUT2D eigenvalue weighted by atomic mass is 15.1. The lowest BCUT2D eigenvalue weighted by Gasteiger charge is -2.23. The van der Waals surface area contributed by atoms with Crippen LogP contribution in [-0.2, 0) is 0 Å². The van der Waals surface area contributed by atoms with Crippen molar-refractivity contribution < 1.29 is 0 Å². The van der Waals surface area contributed by atoms with Crippen LogP contribution in [0.25, 0.3) is 0 Å². The van der Waals surface area contributed by atoms with Gasteiger partial charge >= 0.3 is 0 Å². The van der Waals surface area contributed by atoms with Crippen LogP contribution in [0.2, 0.25) is 0 Å². The number of aryl methyl sites for hydroxylation is 1. The van der Waals surface area contributed by atoms with Crippen molar-refractivity contribution in [2.24, 2.45) is 5.92 Å². The number of hydrogen-bond donors (Lipinski definition) is 1. The van der Waals surface area contributed by atoms with E-state index >= 15 is 0 Å². The standard InChI is InChI=1S/C15H26N2/c1-12(2)14(4)16-9-10-17(5)15-8-6-7-13(3)11-15/h6-8,11-12,14,16H,9-10H2,1-5H3. The maximum absolute atomic E-state index is 3.56. The Morgan fingerprint density at radius 3 is 2.53 bits per heavy atom. The van der Waals surface area contributed by atoms with Gasteiger partial charge < -0.3 is 10.2 Å². The summed E-state index contributed by atoms with van der Waals surface area (Å²) < 4.78 is 0. The molecule has 0 bridgehead atoms. The van der Waals surface area contributed by atoms with E-state index in [4.69, 9.17) is 0 Å². The van der Waals surface area contributed by atoms with Crippen molar-refractivity contribution in [2.75, 3.05) is 25.0 Å². The van der Waals surface area contributed by atoms with Crippen LogP contribution >= 0.6 is 0 Å². The first-order valence-electron chi connectivity index (χ1n) is 6.52. The third-order valence-electron chi connectivity index (χ3n) is 3.36. The summed E-state index contributed by atoms with van der Waals surface area (Å²) in [5, 5.41) is 3.56. The molecule has 0 fully saturated rings. The number of anilines is 1. The molecule has 0 saturated carbocycles. The molecule has 1 aromatic rings. The number of nitrogens with zero attached hydrogens (tertiary/aromatic N) is 1. The number of hydrogen-bond acceptors (Lipinski definition) is 2. The number of nitrogens with one attached hydrogen (secondary N) is 1. The average molecular weight is 234 g/mol. The maximum Gasteiger partial charge on any atom is 0.0366 e. The van der Waals surface area contributed by atoms with E-state index in [-0.39, 0.29) is 0 Å². The first-order valence-corrected chi connectivity index (χ1v) is 6.52. The lowest BCUT2D eigenvalue weighted by atomic mass is 10.1. The van der Waals surface area contributed by atoms with Crippen molar-refractivity contribution in [3.63, 3.8) is 0 Å². The molecule has 0 aliphatic carbocycles. The summed E-state index contributed by atoms with van der Waals surface area (Å²) in [6, 6.07) is 9.23. The van der Waals surface area contributed by atoms with Gasteiger partial charge in [-0.25, -0.2) is 0 Å². The second-order valence-electron chi connectivity index (χ2n) is 5.25. The van der Waals surface area contributed by atoms with Gasteiger partial charge in [0.1, 0.15) is 0 Å². The zero-order valence-corrected chi connectivity index (χ0v) is 11.8. The zero-order chi connectivity index (χ0) is 12.8. The lowest BCUT2D eigenvalue weighted by Crippen LogP contribution is -2.36. The second kappa shape index (κ2) is 6.65. The third kappa shape index (κ3) is 4.78. The van der Waals surface area contributed by atoms with E-state index in [1.165, 1.54) is 11.3 Å². The Labute approximate surface area is 106 Å². The summed E-state index contributed by atoms with van der Waals surface area (Å²) >= 11 is 0. The molecule has 0 spiro atoms. The molecule has 96 valence electrons. The summed E-state index contributed by atoms with van der Waals surface area (Å²) in [6.07, 6.45) is 0. The summed E-state index contributed by atoms with van der Waals surface area (Å²) in [6.45, 7) is 11.0. The molecule has 1 N–H and O–H groups in total. The van der Waals surface area contributed by atoms with Crippen LogP contribution in [0.15, 0.2) is 24.3 Å². The molecule has 2 nitrogen and oxygen atoms in total. The fourth-order valence-corrected chi connectivity index (χ4v) is 1.69. The molecule has 1 unspecified atom stereocenters. The van der Waals surface area contributed by atoms with E-state index in [9.17, 15) is 0 Å². The first kappa shape index (κ1) is 14.0. The quantitative estimate of drug-likeness (QED) is 0.814. The van der Waals surface area contributed by atoms with Crippen LogP contribution in [0.4, 0.5) is 5.69 Å². The number of benzene rings is 1. The zero-order valence-electron chi connectivity index (χ0n) is 11.8. The van der Waals surface area contributed by atoms with Crippen LogP contribution in [0.5, 0.6) is 0 Å². The molecule has 0 heterocycles. The molecule has 0 amide bonds. The molecule has 2 heteroatoms. The first-order chi connectivity index (χ1) is 8.00. The van der Waals surface area contributed by atoms with Gasteiger partial charge in [0.25, 0.3) is 0 Å². The van der Waals surface area contributed by atoms with Gasteiger partial charge in [0, 0.05) is 31.9 Å². The van der Waals surface area contributed by atoms with Gasteiger partial charge in [-0.1, -0.05) is 26.0 Å². The number of likely N-dealkylation sites (N-methyl/N-ethyl adjacent to an activating group) is 1. The van der Waals surface area contributed by atoms with Gasteiger partial charge in [-0.05, 0) is 37.5 Å². The highest BCUT2D eigenvalue weighted by Crippen LogP contribution is 2.13. The highest BCUT2D eigenvalue weighted by Gasteiger charge is 2.06. The normalized spacial score (nSPS) is 12.8. The predicted octanol–water partition coefficient (Wildman–Crippen LogP) is 3.07. The molecular weight excluding hydrogens is 208 g/mol. The minimum atomic E-state index is 0.584. The van der Waals surface area contributed by atoms with Crippen molar-refractivity contribution in [3.05, 3.63) is 29.8 Å². The van der Waals surface area contributed by atoms with E-state index < -0.39 is 0 Å². The van der Waals surface area contributed by atoms with Crippen molar-refractivity contribution in [2.45, 2.75) is 33.7 Å². The van der Waals surface area contributed by atoms with E-state index in [0.717, 1.165) is 13.1 Å². The maximum atomic E-state index is 3.56. The molecule has 17 heavy (non-hydrogen) atoms. The van der Waals surface area contributed by atoms with Crippen molar-refractivity contribution in [1.82, 2.24) is 5.32 Å². The van der Waals surface area contributed by atoms with Gasteiger partial charge in [-0.15, -0.1) is 0 Å². The monoisotopic (exact) mass is 234 g/mol. The smallest absolute Gasteiger partial charge is 0.0366 e. The summed E-state index contributed by atoms with van der Waals surface area (Å²) in [5.74, 6) is 0.694. The van der Waals surface area contributed by atoms with Gasteiger partial charge in [0.15, 0.2) is 0 Å². The topological polar surface area (TPSA) is 15.3 Å². The Balaban J connectivity index is 2.37. The third-order valence-corrected chi connectivity index (χ3v) is 3.36. The van der Waals surface area contributed by atoms with E-state index in [0.29, 0.717) is 12.0 Å². The van der Waals surface area contributed by atoms with Gasteiger partial charge in [-0.3, -0.25) is 0 Å². The highest BCUT2D eigenvalue weighted by molar-refractivity contribution is 5.47. The van der Waals surface area contributed by atoms with Gasteiger partial charge in [0.05, 0.1) is 0 Å². The SMILES string of the molecule is Cc1cccc(N(C)CCNC(C)C(C)C)c1. The Morgan fingerprint density at radius 1 is 1.24 bits per heavy atom. The van der Waals surface area contributed by atoms with Crippen molar-refractivity contribution in [1.29, 1.82) is 0 Å². The summed E-state index contributed by atoms with van der Waals surface area (Å²) in [5.41, 5.74) is 2.61. The van der Waals surface area contributed by atoms with Crippen molar-refractivity contribution >= 4 is 5.69 Å². The summed E-state index contributed by atoms with van der Waals surface area (Å²) in [7, 11) is 2.15. The largest absolute Gasteiger partial charge is 0.373 e. The fourth-order valence-electron chi connectivity index (χ4n) is 1.69. The molecule has 0 aromatic heterocycles. The van der Waals surface area contributed by atoms with E-state index in [2.05, 4.69) is 69.2 Å².